The molecule has 1 heterocycles. The lowest BCUT2D eigenvalue weighted by molar-refractivity contribution is 0.112. The van der Waals surface area contributed by atoms with Crippen LogP contribution < -0.4 is 0 Å². The summed E-state index contributed by atoms with van der Waals surface area (Å²) < 4.78 is 3.13. The van der Waals surface area contributed by atoms with Crippen LogP contribution in [0.3, 0.4) is 0 Å². The predicted molar refractivity (Wildman–Crippen MR) is 73.1 cm³/mol. The molecule has 0 fully saturated rings. The number of rotatable bonds is 2. The normalized spacial score (nSPS) is 10.6. The molecule has 0 saturated carbocycles. The van der Waals surface area contributed by atoms with E-state index in [0.29, 0.717) is 0 Å². The second-order valence-electron chi connectivity index (χ2n) is 4.23. The number of carbonyl (C=O) groups excluding carboxylic acids is 1. The number of aromatic nitrogens is 1. The third kappa shape index (κ3) is 2.07. The van der Waals surface area contributed by atoms with Gasteiger partial charge < -0.3 is 4.57 Å². The van der Waals surface area contributed by atoms with Gasteiger partial charge in [0.05, 0.1) is 5.69 Å². The van der Waals surface area contributed by atoms with Gasteiger partial charge >= 0.3 is 0 Å². The molecule has 0 amide bonds. The molecule has 0 atom stereocenters. The van der Waals surface area contributed by atoms with Crippen LogP contribution in [0.1, 0.15) is 27.3 Å². The monoisotopic (exact) mass is 291 g/mol. The van der Waals surface area contributed by atoms with Crippen molar-refractivity contribution in [3.8, 4) is 5.69 Å². The fourth-order valence-corrected chi connectivity index (χ4v) is 2.50. The minimum absolute atomic E-state index is 0.746. The van der Waals surface area contributed by atoms with Crippen molar-refractivity contribution in [1.29, 1.82) is 0 Å². The number of hydrogen-bond acceptors (Lipinski definition) is 1. The van der Waals surface area contributed by atoms with Gasteiger partial charge in [-0.15, -0.1) is 0 Å². The zero-order valence-electron chi connectivity index (χ0n) is 10.1. The van der Waals surface area contributed by atoms with Crippen LogP contribution in [0.5, 0.6) is 0 Å². The molecular weight excluding hydrogens is 278 g/mol. The highest BCUT2D eigenvalue weighted by Crippen LogP contribution is 2.27. The zero-order chi connectivity index (χ0) is 12.6. The molecule has 1 aromatic carbocycles. The smallest absolute Gasteiger partial charge is 0.151 e. The van der Waals surface area contributed by atoms with Gasteiger partial charge in [0.1, 0.15) is 0 Å². The lowest BCUT2D eigenvalue weighted by Gasteiger charge is -2.12. The first kappa shape index (κ1) is 12.1. The van der Waals surface area contributed by atoms with E-state index < -0.39 is 0 Å². The van der Waals surface area contributed by atoms with E-state index in [0.717, 1.165) is 33.4 Å². The molecule has 2 rings (SSSR count). The maximum Gasteiger partial charge on any atom is 0.151 e. The largest absolute Gasteiger partial charge is 0.317 e. The Bertz CT molecular complexity index is 584. The van der Waals surface area contributed by atoms with Crippen LogP contribution >= 0.6 is 15.9 Å². The Morgan fingerprint density at radius 2 is 1.88 bits per heavy atom. The fourth-order valence-electron chi connectivity index (χ4n) is 2.07. The highest BCUT2D eigenvalue weighted by molar-refractivity contribution is 9.10. The molecule has 0 aliphatic carbocycles. The van der Waals surface area contributed by atoms with E-state index in [1.165, 1.54) is 5.56 Å². The maximum atomic E-state index is 11.0. The zero-order valence-corrected chi connectivity index (χ0v) is 11.7. The first-order valence-electron chi connectivity index (χ1n) is 5.45. The molecule has 0 aliphatic heterocycles. The number of aldehydes is 1. The Morgan fingerprint density at radius 3 is 2.47 bits per heavy atom. The topological polar surface area (TPSA) is 22.0 Å². The Kier molecular flexibility index (Phi) is 3.20. The SMILES string of the molecule is Cc1ccc(Br)c(-n2c(C)cc(C=O)c2C)c1. The fraction of sp³-hybridized carbons (Fsp3) is 0.214. The molecule has 0 bridgehead atoms. The van der Waals surface area contributed by atoms with Crippen LogP contribution in [0.15, 0.2) is 28.7 Å². The summed E-state index contributed by atoms with van der Waals surface area (Å²) in [6.07, 6.45) is 0.905. The van der Waals surface area contributed by atoms with E-state index in [1.807, 2.05) is 26.0 Å². The van der Waals surface area contributed by atoms with Crippen molar-refractivity contribution in [2.45, 2.75) is 20.8 Å². The van der Waals surface area contributed by atoms with Crippen LogP contribution in [0.2, 0.25) is 0 Å². The number of nitrogens with zero attached hydrogens (tertiary/aromatic N) is 1. The number of aryl methyl sites for hydroxylation is 2. The third-order valence-electron chi connectivity index (χ3n) is 2.94. The van der Waals surface area contributed by atoms with E-state index in [4.69, 9.17) is 0 Å². The molecule has 0 radical (unpaired) electrons. The van der Waals surface area contributed by atoms with E-state index >= 15 is 0 Å². The average molecular weight is 292 g/mol. The highest BCUT2D eigenvalue weighted by atomic mass is 79.9. The van der Waals surface area contributed by atoms with Crippen LogP contribution in [0.4, 0.5) is 0 Å². The second-order valence-corrected chi connectivity index (χ2v) is 5.09. The minimum atomic E-state index is 0.746. The quantitative estimate of drug-likeness (QED) is 0.767. The van der Waals surface area contributed by atoms with E-state index in [1.54, 1.807) is 0 Å². The van der Waals surface area contributed by atoms with Gasteiger partial charge in [-0.1, -0.05) is 6.07 Å². The molecule has 1 aromatic heterocycles. The first-order chi connectivity index (χ1) is 8.04. The number of carbonyl (C=O) groups is 1. The second kappa shape index (κ2) is 4.49. The molecular formula is C14H14BrNO. The molecule has 0 spiro atoms. The van der Waals surface area contributed by atoms with Gasteiger partial charge in [0, 0.05) is 21.4 Å². The molecule has 3 heteroatoms. The number of hydrogen-bond donors (Lipinski definition) is 0. The van der Waals surface area contributed by atoms with Crippen molar-refractivity contribution in [3.63, 3.8) is 0 Å². The Balaban J connectivity index is 2.72. The summed E-state index contributed by atoms with van der Waals surface area (Å²) >= 11 is 3.56. The molecule has 2 nitrogen and oxygen atoms in total. The van der Waals surface area contributed by atoms with Gasteiger partial charge in [0.25, 0.3) is 0 Å². The number of halogens is 1. The molecule has 2 aromatic rings. The molecule has 17 heavy (non-hydrogen) atoms. The summed E-state index contributed by atoms with van der Waals surface area (Å²) in [5.41, 5.74) is 5.06. The van der Waals surface area contributed by atoms with Gasteiger partial charge in [-0.05, 0) is 60.5 Å². The van der Waals surface area contributed by atoms with Crippen LogP contribution in [-0.2, 0) is 0 Å². The third-order valence-corrected chi connectivity index (χ3v) is 3.61. The van der Waals surface area contributed by atoms with Gasteiger partial charge in [0.2, 0.25) is 0 Å². The lowest BCUT2D eigenvalue weighted by Crippen LogP contribution is -2.01. The molecule has 0 aliphatic rings. The van der Waals surface area contributed by atoms with Crippen LogP contribution in [0, 0.1) is 20.8 Å². The average Bonchev–Trinajstić information content (AvgIpc) is 2.58. The standard InChI is InChI=1S/C14H14BrNO/c1-9-4-5-13(15)14(6-9)16-10(2)7-12(8-17)11(16)3/h4-8H,1-3H3. The summed E-state index contributed by atoms with van der Waals surface area (Å²) in [4.78, 5) is 11.0. The van der Waals surface area contributed by atoms with Gasteiger partial charge in [-0.2, -0.15) is 0 Å². The highest BCUT2D eigenvalue weighted by Gasteiger charge is 2.12. The van der Waals surface area contributed by atoms with Crippen molar-refractivity contribution in [2.24, 2.45) is 0 Å². The van der Waals surface area contributed by atoms with Gasteiger partial charge in [0.15, 0.2) is 6.29 Å². The Morgan fingerprint density at radius 1 is 1.18 bits per heavy atom. The number of benzene rings is 1. The molecule has 0 saturated heterocycles. The van der Waals surface area contributed by atoms with Crippen LogP contribution in [0.25, 0.3) is 5.69 Å². The molecule has 0 unspecified atom stereocenters. The summed E-state index contributed by atoms with van der Waals surface area (Å²) in [6.45, 7) is 6.03. The van der Waals surface area contributed by atoms with Crippen molar-refractivity contribution in [3.05, 3.63) is 51.3 Å². The van der Waals surface area contributed by atoms with Crippen molar-refractivity contribution >= 4 is 22.2 Å². The Hall–Kier alpha value is -1.35. The molecule has 88 valence electrons. The van der Waals surface area contributed by atoms with E-state index in [2.05, 4.69) is 39.6 Å². The van der Waals surface area contributed by atoms with Crippen molar-refractivity contribution in [1.82, 2.24) is 4.57 Å². The molecule has 0 N–H and O–H groups in total. The van der Waals surface area contributed by atoms with Crippen molar-refractivity contribution in [2.75, 3.05) is 0 Å². The van der Waals surface area contributed by atoms with Crippen LogP contribution in [-0.4, -0.2) is 10.9 Å². The summed E-state index contributed by atoms with van der Waals surface area (Å²) in [7, 11) is 0. The van der Waals surface area contributed by atoms with Gasteiger partial charge in [-0.25, -0.2) is 0 Å². The lowest BCUT2D eigenvalue weighted by atomic mass is 10.2. The Labute approximate surface area is 109 Å². The predicted octanol–water partition coefficient (Wildman–Crippen LogP) is 3.98. The van der Waals surface area contributed by atoms with E-state index in [-0.39, 0.29) is 0 Å². The maximum absolute atomic E-state index is 11.0. The van der Waals surface area contributed by atoms with Crippen molar-refractivity contribution < 1.29 is 4.79 Å². The summed E-state index contributed by atoms with van der Waals surface area (Å²) in [6, 6.07) is 8.11. The van der Waals surface area contributed by atoms with E-state index in [9.17, 15) is 4.79 Å². The minimum Gasteiger partial charge on any atom is -0.317 e. The summed E-state index contributed by atoms with van der Waals surface area (Å²) in [5.74, 6) is 0. The van der Waals surface area contributed by atoms with Gasteiger partial charge in [-0.3, -0.25) is 4.79 Å². The summed E-state index contributed by atoms with van der Waals surface area (Å²) in [5, 5.41) is 0. The first-order valence-corrected chi connectivity index (χ1v) is 6.24.